The van der Waals surface area contributed by atoms with Gasteiger partial charge in [-0.15, -0.1) is 0 Å². The number of hydrogen-bond donors (Lipinski definition) is 1. The molecule has 1 unspecified atom stereocenters. The lowest BCUT2D eigenvalue weighted by Crippen LogP contribution is -2.32. The quantitative estimate of drug-likeness (QED) is 0.754. The predicted molar refractivity (Wildman–Crippen MR) is 96.3 cm³/mol. The third kappa shape index (κ3) is 6.10. The number of rotatable bonds is 9. The van der Waals surface area contributed by atoms with Crippen molar-refractivity contribution in [1.82, 2.24) is 9.47 Å². The number of aliphatic hydroxyl groups excluding tert-OH is 1. The molecule has 1 heterocycles. The Morgan fingerprint density at radius 3 is 2.46 bits per heavy atom. The Morgan fingerprint density at radius 2 is 1.83 bits per heavy atom. The lowest BCUT2D eigenvalue weighted by Gasteiger charge is -2.25. The van der Waals surface area contributed by atoms with Crippen molar-refractivity contribution >= 4 is 0 Å². The van der Waals surface area contributed by atoms with Gasteiger partial charge in [0.25, 0.3) is 0 Å². The van der Waals surface area contributed by atoms with Gasteiger partial charge in [-0.1, -0.05) is 26.0 Å². The average Bonchev–Trinajstić information content (AvgIpc) is 2.93. The highest BCUT2D eigenvalue weighted by atomic mass is 19.1. The molecule has 0 bridgehead atoms. The molecule has 1 aromatic carbocycles. The lowest BCUT2D eigenvalue weighted by molar-refractivity contribution is 0.117. The molecule has 1 N–H and O–H groups in total. The molecule has 0 amide bonds. The van der Waals surface area contributed by atoms with E-state index in [0.717, 1.165) is 31.6 Å². The van der Waals surface area contributed by atoms with Gasteiger partial charge in [0.05, 0.1) is 6.10 Å². The Labute approximate surface area is 144 Å². The Bertz CT molecular complexity index is 604. The summed E-state index contributed by atoms with van der Waals surface area (Å²) in [5.41, 5.74) is 2.29. The van der Waals surface area contributed by atoms with E-state index in [2.05, 4.69) is 35.6 Å². The first-order chi connectivity index (χ1) is 11.4. The monoisotopic (exact) mass is 332 g/mol. The van der Waals surface area contributed by atoms with E-state index in [0.29, 0.717) is 12.5 Å². The molecule has 1 atom stereocenters. The molecule has 0 fully saturated rings. The smallest absolute Gasteiger partial charge is 0.123 e. The standard InChI is InChI=1S/C20H29FN2O/c1-16(2)10-12-22(13-17(3)24)15-20-5-4-11-23(20)14-18-6-8-19(21)9-7-18/h4-9,11,16-17,24H,10,12-15H2,1-3H3. The van der Waals surface area contributed by atoms with Gasteiger partial charge >= 0.3 is 0 Å². The number of aliphatic hydroxyl groups is 1. The van der Waals surface area contributed by atoms with Crippen LogP contribution in [0, 0.1) is 11.7 Å². The third-order valence-electron chi connectivity index (χ3n) is 4.12. The van der Waals surface area contributed by atoms with Crippen LogP contribution in [0.5, 0.6) is 0 Å². The normalized spacial score (nSPS) is 13.0. The van der Waals surface area contributed by atoms with Crippen LogP contribution in [0.25, 0.3) is 0 Å². The summed E-state index contributed by atoms with van der Waals surface area (Å²) in [6.07, 6.45) is 2.84. The summed E-state index contributed by atoms with van der Waals surface area (Å²) in [6, 6.07) is 10.8. The van der Waals surface area contributed by atoms with Crippen molar-refractivity contribution in [2.24, 2.45) is 5.92 Å². The van der Waals surface area contributed by atoms with E-state index in [9.17, 15) is 9.50 Å². The van der Waals surface area contributed by atoms with Crippen LogP contribution in [-0.2, 0) is 13.1 Å². The van der Waals surface area contributed by atoms with Crippen molar-refractivity contribution in [2.75, 3.05) is 13.1 Å². The van der Waals surface area contributed by atoms with Gasteiger partial charge in [-0.2, -0.15) is 0 Å². The van der Waals surface area contributed by atoms with Crippen molar-refractivity contribution < 1.29 is 9.50 Å². The van der Waals surface area contributed by atoms with Crippen molar-refractivity contribution in [2.45, 2.75) is 46.4 Å². The summed E-state index contributed by atoms with van der Waals surface area (Å²) >= 11 is 0. The van der Waals surface area contributed by atoms with Crippen molar-refractivity contribution in [1.29, 1.82) is 0 Å². The van der Waals surface area contributed by atoms with Crippen LogP contribution in [0.4, 0.5) is 4.39 Å². The molecule has 0 saturated carbocycles. The maximum atomic E-state index is 13.1. The van der Waals surface area contributed by atoms with E-state index in [1.165, 1.54) is 17.8 Å². The fraction of sp³-hybridized carbons (Fsp3) is 0.500. The molecule has 0 aliphatic carbocycles. The number of benzene rings is 1. The Kier molecular flexibility index (Phi) is 7.00. The molecule has 4 heteroatoms. The van der Waals surface area contributed by atoms with Crippen LogP contribution >= 0.6 is 0 Å². The first kappa shape index (κ1) is 18.7. The fourth-order valence-corrected chi connectivity index (χ4v) is 2.81. The molecular weight excluding hydrogens is 303 g/mol. The summed E-state index contributed by atoms with van der Waals surface area (Å²) in [5, 5.41) is 9.76. The van der Waals surface area contributed by atoms with E-state index in [4.69, 9.17) is 0 Å². The van der Waals surface area contributed by atoms with E-state index in [-0.39, 0.29) is 11.9 Å². The molecule has 0 aliphatic heterocycles. The summed E-state index contributed by atoms with van der Waals surface area (Å²) < 4.78 is 15.2. The van der Waals surface area contributed by atoms with Gasteiger partial charge in [-0.3, -0.25) is 4.90 Å². The van der Waals surface area contributed by atoms with E-state index >= 15 is 0 Å². The maximum Gasteiger partial charge on any atom is 0.123 e. The van der Waals surface area contributed by atoms with Crippen molar-refractivity contribution in [3.05, 3.63) is 59.7 Å². The number of halogens is 1. The molecule has 0 saturated heterocycles. The zero-order chi connectivity index (χ0) is 17.5. The van der Waals surface area contributed by atoms with E-state index in [1.807, 2.05) is 25.1 Å². The van der Waals surface area contributed by atoms with Crippen molar-refractivity contribution in [3.63, 3.8) is 0 Å². The van der Waals surface area contributed by atoms with E-state index in [1.54, 1.807) is 0 Å². The Morgan fingerprint density at radius 1 is 1.12 bits per heavy atom. The van der Waals surface area contributed by atoms with Crippen LogP contribution < -0.4 is 0 Å². The zero-order valence-corrected chi connectivity index (χ0v) is 15.0. The molecule has 0 spiro atoms. The lowest BCUT2D eigenvalue weighted by atomic mass is 10.1. The SMILES string of the molecule is CC(C)CCN(Cc1cccn1Cc1ccc(F)cc1)CC(C)O. The molecular formula is C20H29FN2O. The summed E-state index contributed by atoms with van der Waals surface area (Å²) in [4.78, 5) is 2.31. The first-order valence-corrected chi connectivity index (χ1v) is 8.73. The molecule has 3 nitrogen and oxygen atoms in total. The van der Waals surface area contributed by atoms with Crippen LogP contribution in [0.2, 0.25) is 0 Å². The second kappa shape index (κ2) is 9.00. The largest absolute Gasteiger partial charge is 0.392 e. The minimum Gasteiger partial charge on any atom is -0.392 e. The highest BCUT2D eigenvalue weighted by Crippen LogP contribution is 2.13. The summed E-state index contributed by atoms with van der Waals surface area (Å²) in [5.74, 6) is 0.441. The van der Waals surface area contributed by atoms with E-state index < -0.39 is 0 Å². The number of nitrogens with zero attached hydrogens (tertiary/aromatic N) is 2. The first-order valence-electron chi connectivity index (χ1n) is 8.73. The average molecular weight is 332 g/mol. The molecule has 1 aromatic heterocycles. The molecule has 24 heavy (non-hydrogen) atoms. The van der Waals surface area contributed by atoms with Crippen molar-refractivity contribution in [3.8, 4) is 0 Å². The minimum atomic E-state index is -0.335. The summed E-state index contributed by atoms with van der Waals surface area (Å²) in [7, 11) is 0. The topological polar surface area (TPSA) is 28.4 Å². The van der Waals surface area contributed by atoms with Crippen LogP contribution in [0.15, 0.2) is 42.6 Å². The molecule has 2 aromatic rings. The predicted octanol–water partition coefficient (Wildman–Crippen LogP) is 3.90. The van der Waals surface area contributed by atoms with Gasteiger partial charge in [-0.05, 0) is 55.6 Å². The van der Waals surface area contributed by atoms with Gasteiger partial charge in [0.1, 0.15) is 5.82 Å². The van der Waals surface area contributed by atoms with Gasteiger partial charge in [0.15, 0.2) is 0 Å². The van der Waals surface area contributed by atoms with Crippen LogP contribution in [-0.4, -0.2) is 33.8 Å². The second-order valence-corrected chi connectivity index (χ2v) is 7.02. The Hall–Kier alpha value is -1.65. The molecule has 2 rings (SSSR count). The fourth-order valence-electron chi connectivity index (χ4n) is 2.81. The van der Waals surface area contributed by atoms with Crippen LogP contribution in [0.1, 0.15) is 38.4 Å². The Balaban J connectivity index is 2.04. The molecule has 0 aliphatic rings. The zero-order valence-electron chi connectivity index (χ0n) is 15.0. The number of hydrogen-bond acceptors (Lipinski definition) is 2. The molecule has 0 radical (unpaired) electrons. The van der Waals surface area contributed by atoms with Gasteiger partial charge in [0, 0.05) is 31.5 Å². The maximum absolute atomic E-state index is 13.1. The van der Waals surface area contributed by atoms with Crippen LogP contribution in [0.3, 0.4) is 0 Å². The summed E-state index contributed by atoms with van der Waals surface area (Å²) in [6.45, 7) is 9.47. The van der Waals surface area contributed by atoms with Gasteiger partial charge in [0.2, 0.25) is 0 Å². The highest BCUT2D eigenvalue weighted by molar-refractivity contribution is 5.18. The number of aromatic nitrogens is 1. The third-order valence-corrected chi connectivity index (χ3v) is 4.12. The van der Waals surface area contributed by atoms with Gasteiger partial charge in [-0.25, -0.2) is 4.39 Å². The minimum absolute atomic E-state index is 0.205. The molecule has 132 valence electrons. The van der Waals surface area contributed by atoms with Gasteiger partial charge < -0.3 is 9.67 Å². The highest BCUT2D eigenvalue weighted by Gasteiger charge is 2.12. The second-order valence-electron chi connectivity index (χ2n) is 7.02.